The fraction of sp³-hybridized carbons (Fsp3) is 0.450. The predicted molar refractivity (Wildman–Crippen MR) is 100 cm³/mol. The van der Waals surface area contributed by atoms with Crippen LogP contribution in [0, 0.1) is 19.7 Å². The van der Waals surface area contributed by atoms with E-state index in [0.29, 0.717) is 36.8 Å². The second-order valence-corrected chi connectivity index (χ2v) is 6.71. The number of aryl methyl sites for hydroxylation is 2. The molecule has 1 fully saturated rings. The Morgan fingerprint density at radius 3 is 2.52 bits per heavy atom. The number of carbonyl (C=O) groups excluding carboxylic acids is 1. The lowest BCUT2D eigenvalue weighted by Crippen LogP contribution is -2.49. The Bertz CT molecular complexity index is 774. The molecule has 0 atom stereocenters. The number of hydrogen-bond acceptors (Lipinski definition) is 5. The first kappa shape index (κ1) is 19.2. The first-order valence-corrected chi connectivity index (χ1v) is 9.23. The first-order chi connectivity index (χ1) is 13.0. The van der Waals surface area contributed by atoms with Crippen LogP contribution in [0.3, 0.4) is 0 Å². The molecule has 3 rings (SSSR count). The number of amides is 1. The van der Waals surface area contributed by atoms with Crippen molar-refractivity contribution < 1.29 is 13.9 Å². The minimum Gasteiger partial charge on any atom is -0.494 e. The predicted octanol–water partition coefficient (Wildman–Crippen LogP) is 2.46. The van der Waals surface area contributed by atoms with Gasteiger partial charge in [-0.2, -0.15) is 0 Å². The zero-order valence-electron chi connectivity index (χ0n) is 15.8. The van der Waals surface area contributed by atoms with E-state index in [-0.39, 0.29) is 11.7 Å². The summed E-state index contributed by atoms with van der Waals surface area (Å²) < 4.78 is 18.5. The number of rotatable bonds is 6. The molecule has 144 valence electrons. The van der Waals surface area contributed by atoms with Crippen LogP contribution in [0.4, 0.5) is 4.39 Å². The molecule has 0 saturated carbocycles. The Balaban J connectivity index is 1.39. The fourth-order valence-electron chi connectivity index (χ4n) is 3.15. The molecule has 0 spiro atoms. The molecule has 0 bridgehead atoms. The fourth-order valence-corrected chi connectivity index (χ4v) is 3.15. The highest BCUT2D eigenvalue weighted by atomic mass is 19.1. The maximum atomic E-state index is 12.9. The average molecular weight is 372 g/mol. The van der Waals surface area contributed by atoms with E-state index < -0.39 is 0 Å². The van der Waals surface area contributed by atoms with Crippen molar-refractivity contribution in [3.8, 4) is 5.75 Å². The lowest BCUT2D eigenvalue weighted by atomic mass is 10.2. The van der Waals surface area contributed by atoms with E-state index in [1.54, 1.807) is 18.3 Å². The van der Waals surface area contributed by atoms with Crippen LogP contribution in [0.15, 0.2) is 30.5 Å². The molecule has 1 aromatic heterocycles. The number of benzene rings is 1. The molecule has 1 saturated heterocycles. The van der Waals surface area contributed by atoms with Crippen molar-refractivity contribution in [1.29, 1.82) is 0 Å². The van der Waals surface area contributed by atoms with Crippen LogP contribution in [0.1, 0.15) is 28.3 Å². The summed E-state index contributed by atoms with van der Waals surface area (Å²) in [5.74, 6) is 1.10. The third kappa shape index (κ3) is 5.23. The quantitative estimate of drug-likeness (QED) is 0.729. The largest absolute Gasteiger partial charge is 0.494 e. The van der Waals surface area contributed by atoms with Crippen molar-refractivity contribution in [3.63, 3.8) is 0 Å². The Kier molecular flexibility index (Phi) is 6.34. The second kappa shape index (κ2) is 8.90. The monoisotopic (exact) mass is 372 g/mol. The summed E-state index contributed by atoms with van der Waals surface area (Å²) in [5.41, 5.74) is 1.31. The smallest absolute Gasteiger partial charge is 0.257 e. The highest BCUT2D eigenvalue weighted by molar-refractivity contribution is 5.95. The SMILES string of the molecule is Cc1ncc(C(=O)N2CCN(CCCOc3ccc(F)cc3)CC2)c(C)n1. The molecule has 1 aliphatic heterocycles. The Morgan fingerprint density at radius 2 is 1.85 bits per heavy atom. The van der Waals surface area contributed by atoms with Crippen LogP contribution in [0.5, 0.6) is 5.75 Å². The number of aromatic nitrogens is 2. The highest BCUT2D eigenvalue weighted by Crippen LogP contribution is 2.13. The average Bonchev–Trinajstić information content (AvgIpc) is 2.67. The maximum Gasteiger partial charge on any atom is 0.257 e. The minimum atomic E-state index is -0.262. The molecule has 0 aliphatic carbocycles. The molecule has 27 heavy (non-hydrogen) atoms. The number of hydrogen-bond donors (Lipinski definition) is 0. The van der Waals surface area contributed by atoms with E-state index in [4.69, 9.17) is 4.74 Å². The van der Waals surface area contributed by atoms with Crippen LogP contribution in [-0.4, -0.2) is 65.0 Å². The van der Waals surface area contributed by atoms with Crippen molar-refractivity contribution in [1.82, 2.24) is 19.8 Å². The van der Waals surface area contributed by atoms with Crippen molar-refractivity contribution >= 4 is 5.91 Å². The molecule has 1 aromatic carbocycles. The molecule has 6 nitrogen and oxygen atoms in total. The summed E-state index contributed by atoms with van der Waals surface area (Å²) in [4.78, 5) is 25.3. The molecular formula is C20H25FN4O2. The highest BCUT2D eigenvalue weighted by Gasteiger charge is 2.23. The molecule has 0 N–H and O–H groups in total. The molecule has 0 unspecified atom stereocenters. The van der Waals surface area contributed by atoms with Crippen LogP contribution in [-0.2, 0) is 0 Å². The van der Waals surface area contributed by atoms with E-state index in [2.05, 4.69) is 14.9 Å². The van der Waals surface area contributed by atoms with Gasteiger partial charge in [-0.1, -0.05) is 0 Å². The van der Waals surface area contributed by atoms with Gasteiger partial charge in [-0.15, -0.1) is 0 Å². The standard InChI is InChI=1S/C20H25FN4O2/c1-15-19(14-22-16(2)23-15)20(26)25-11-9-24(10-12-25)8-3-13-27-18-6-4-17(21)5-7-18/h4-7,14H,3,8-13H2,1-2H3. The van der Waals surface area contributed by atoms with Crippen LogP contribution < -0.4 is 4.74 Å². The van der Waals surface area contributed by atoms with Gasteiger partial charge in [0.05, 0.1) is 17.9 Å². The number of piperazine rings is 1. The van der Waals surface area contributed by atoms with Gasteiger partial charge in [0.15, 0.2) is 0 Å². The molecular weight excluding hydrogens is 347 g/mol. The first-order valence-electron chi connectivity index (χ1n) is 9.23. The number of ether oxygens (including phenoxy) is 1. The zero-order valence-corrected chi connectivity index (χ0v) is 15.8. The molecule has 0 radical (unpaired) electrons. The third-order valence-corrected chi connectivity index (χ3v) is 4.69. The van der Waals surface area contributed by atoms with Gasteiger partial charge in [-0.25, -0.2) is 14.4 Å². The van der Waals surface area contributed by atoms with Gasteiger partial charge in [0, 0.05) is 38.9 Å². The third-order valence-electron chi connectivity index (χ3n) is 4.69. The number of halogens is 1. The molecule has 2 aromatic rings. The molecule has 1 aliphatic rings. The summed E-state index contributed by atoms with van der Waals surface area (Å²) >= 11 is 0. The topological polar surface area (TPSA) is 58.6 Å². The molecule has 1 amide bonds. The van der Waals surface area contributed by atoms with Crippen LogP contribution in [0.25, 0.3) is 0 Å². The van der Waals surface area contributed by atoms with Gasteiger partial charge >= 0.3 is 0 Å². The van der Waals surface area contributed by atoms with E-state index in [9.17, 15) is 9.18 Å². The molecule has 2 heterocycles. The normalized spacial score (nSPS) is 15.0. The van der Waals surface area contributed by atoms with Crippen molar-refractivity contribution in [2.24, 2.45) is 0 Å². The van der Waals surface area contributed by atoms with Gasteiger partial charge in [-0.3, -0.25) is 9.69 Å². The Morgan fingerprint density at radius 1 is 1.15 bits per heavy atom. The van der Waals surface area contributed by atoms with E-state index in [1.807, 2.05) is 18.7 Å². The summed E-state index contributed by atoms with van der Waals surface area (Å²) in [6, 6.07) is 6.06. The van der Waals surface area contributed by atoms with Crippen molar-refractivity contribution in [3.05, 3.63) is 53.4 Å². The second-order valence-electron chi connectivity index (χ2n) is 6.71. The maximum absolute atomic E-state index is 12.9. The lowest BCUT2D eigenvalue weighted by molar-refractivity contribution is 0.0629. The molecule has 7 heteroatoms. The zero-order chi connectivity index (χ0) is 19.2. The summed E-state index contributed by atoms with van der Waals surface area (Å²) in [6.45, 7) is 8.25. The summed E-state index contributed by atoms with van der Waals surface area (Å²) in [6.07, 6.45) is 2.51. The van der Waals surface area contributed by atoms with Gasteiger partial charge in [0.25, 0.3) is 5.91 Å². The van der Waals surface area contributed by atoms with E-state index >= 15 is 0 Å². The lowest BCUT2D eigenvalue weighted by Gasteiger charge is -2.34. The Labute approximate surface area is 159 Å². The van der Waals surface area contributed by atoms with Gasteiger partial charge in [0.2, 0.25) is 0 Å². The van der Waals surface area contributed by atoms with Gasteiger partial charge in [-0.05, 0) is 44.5 Å². The number of nitrogens with zero attached hydrogens (tertiary/aromatic N) is 4. The minimum absolute atomic E-state index is 0.00629. The van der Waals surface area contributed by atoms with Gasteiger partial charge in [0.1, 0.15) is 17.4 Å². The van der Waals surface area contributed by atoms with E-state index in [0.717, 1.165) is 31.7 Å². The van der Waals surface area contributed by atoms with E-state index in [1.165, 1.54) is 12.1 Å². The summed E-state index contributed by atoms with van der Waals surface area (Å²) in [7, 11) is 0. The van der Waals surface area contributed by atoms with Crippen molar-refractivity contribution in [2.45, 2.75) is 20.3 Å². The number of carbonyl (C=O) groups is 1. The van der Waals surface area contributed by atoms with Crippen LogP contribution in [0.2, 0.25) is 0 Å². The Hall–Kier alpha value is -2.54. The van der Waals surface area contributed by atoms with Gasteiger partial charge < -0.3 is 9.64 Å². The van der Waals surface area contributed by atoms with Crippen molar-refractivity contribution in [2.75, 3.05) is 39.3 Å². The van der Waals surface area contributed by atoms with Crippen LogP contribution >= 0.6 is 0 Å². The summed E-state index contributed by atoms with van der Waals surface area (Å²) in [5, 5.41) is 0.